The van der Waals surface area contributed by atoms with Crippen molar-refractivity contribution < 1.29 is 14.3 Å². The number of halogens is 1. The maximum atomic E-state index is 11.8. The van der Waals surface area contributed by atoms with E-state index in [0.717, 1.165) is 10.0 Å². The van der Waals surface area contributed by atoms with Crippen molar-refractivity contribution in [3.8, 4) is 0 Å². The first-order valence-electron chi connectivity index (χ1n) is 5.41. The Hall–Kier alpha value is -1.40. The van der Waals surface area contributed by atoms with Crippen LogP contribution in [0.4, 0.5) is 0 Å². The maximum Gasteiger partial charge on any atom is 0.252 e. The van der Waals surface area contributed by atoms with Gasteiger partial charge in [0.15, 0.2) is 0 Å². The molecule has 0 spiro atoms. The van der Waals surface area contributed by atoms with E-state index in [1.807, 2.05) is 19.1 Å². The zero-order valence-electron chi connectivity index (χ0n) is 10.0. The number of rotatable bonds is 6. The molecule has 18 heavy (non-hydrogen) atoms. The Morgan fingerprint density at radius 1 is 1.44 bits per heavy atom. The Bertz CT molecular complexity index is 449. The van der Waals surface area contributed by atoms with E-state index in [2.05, 4.69) is 21.2 Å². The van der Waals surface area contributed by atoms with Gasteiger partial charge in [-0.15, -0.1) is 0 Å². The van der Waals surface area contributed by atoms with Crippen molar-refractivity contribution in [3.63, 3.8) is 0 Å². The largest absolute Gasteiger partial charge is 0.370 e. The SMILES string of the molecule is Cc1ccc(C(=O)NCCOCC(N)=O)c(Br)c1. The normalized spacial score (nSPS) is 10.1. The van der Waals surface area contributed by atoms with Crippen molar-refractivity contribution in [1.29, 1.82) is 0 Å². The minimum absolute atomic E-state index is 0.135. The molecule has 0 radical (unpaired) electrons. The van der Waals surface area contributed by atoms with Gasteiger partial charge in [0.1, 0.15) is 6.61 Å². The van der Waals surface area contributed by atoms with Gasteiger partial charge in [0.25, 0.3) is 5.91 Å². The maximum absolute atomic E-state index is 11.8. The number of primary amides is 1. The zero-order chi connectivity index (χ0) is 13.5. The summed E-state index contributed by atoms with van der Waals surface area (Å²) in [6.07, 6.45) is 0. The molecule has 1 aromatic rings. The lowest BCUT2D eigenvalue weighted by atomic mass is 10.1. The molecule has 1 rings (SSSR count). The van der Waals surface area contributed by atoms with Crippen LogP contribution in [0.15, 0.2) is 22.7 Å². The predicted molar refractivity (Wildman–Crippen MR) is 71.2 cm³/mol. The number of hydrogen-bond acceptors (Lipinski definition) is 3. The predicted octanol–water partition coefficient (Wildman–Crippen LogP) is 0.989. The van der Waals surface area contributed by atoms with Gasteiger partial charge >= 0.3 is 0 Å². The van der Waals surface area contributed by atoms with Gasteiger partial charge in [-0.2, -0.15) is 0 Å². The van der Waals surface area contributed by atoms with E-state index in [4.69, 9.17) is 10.5 Å². The molecule has 0 saturated heterocycles. The summed E-state index contributed by atoms with van der Waals surface area (Å²) in [6, 6.07) is 5.49. The molecule has 0 aliphatic carbocycles. The van der Waals surface area contributed by atoms with Gasteiger partial charge in [0.2, 0.25) is 5.91 Å². The summed E-state index contributed by atoms with van der Waals surface area (Å²) in [5.41, 5.74) is 6.54. The minimum atomic E-state index is -0.525. The van der Waals surface area contributed by atoms with Crippen molar-refractivity contribution >= 4 is 27.7 Å². The quantitative estimate of drug-likeness (QED) is 0.768. The van der Waals surface area contributed by atoms with E-state index in [1.165, 1.54) is 0 Å². The van der Waals surface area contributed by atoms with Gasteiger partial charge in [0.05, 0.1) is 12.2 Å². The van der Waals surface area contributed by atoms with Gasteiger partial charge in [-0.1, -0.05) is 6.07 Å². The summed E-state index contributed by atoms with van der Waals surface area (Å²) in [7, 11) is 0. The van der Waals surface area contributed by atoms with Gasteiger partial charge in [-0.05, 0) is 40.5 Å². The number of benzene rings is 1. The molecule has 0 heterocycles. The molecule has 2 amide bonds. The third-order valence-corrected chi connectivity index (χ3v) is 2.80. The van der Waals surface area contributed by atoms with Crippen molar-refractivity contribution in [1.82, 2.24) is 5.32 Å². The van der Waals surface area contributed by atoms with Crippen molar-refractivity contribution in [2.24, 2.45) is 5.73 Å². The molecule has 0 atom stereocenters. The fourth-order valence-electron chi connectivity index (χ4n) is 1.31. The molecule has 0 aromatic heterocycles. The number of carbonyl (C=O) groups is 2. The Morgan fingerprint density at radius 3 is 2.78 bits per heavy atom. The lowest BCUT2D eigenvalue weighted by Crippen LogP contribution is -2.29. The fraction of sp³-hybridized carbons (Fsp3) is 0.333. The molecule has 0 aliphatic heterocycles. The molecule has 0 fully saturated rings. The van der Waals surface area contributed by atoms with Crippen molar-refractivity contribution in [2.45, 2.75) is 6.92 Å². The topological polar surface area (TPSA) is 81.4 Å². The molecule has 5 nitrogen and oxygen atoms in total. The highest BCUT2D eigenvalue weighted by molar-refractivity contribution is 9.10. The molecule has 3 N–H and O–H groups in total. The molecule has 98 valence electrons. The van der Waals surface area contributed by atoms with Crippen LogP contribution in [0, 0.1) is 6.92 Å². The van der Waals surface area contributed by atoms with Crippen LogP contribution in [0.5, 0.6) is 0 Å². The summed E-state index contributed by atoms with van der Waals surface area (Å²) in [5, 5.41) is 2.69. The number of nitrogens with two attached hydrogens (primary N) is 1. The molecule has 1 aromatic carbocycles. The number of hydrogen-bond donors (Lipinski definition) is 2. The number of ether oxygens (including phenoxy) is 1. The van der Waals surface area contributed by atoms with Crippen molar-refractivity contribution in [3.05, 3.63) is 33.8 Å². The summed E-state index contributed by atoms with van der Waals surface area (Å²) in [6.45, 7) is 2.39. The number of carbonyl (C=O) groups excluding carboxylic acids is 2. The highest BCUT2D eigenvalue weighted by atomic mass is 79.9. The molecular weight excluding hydrogens is 300 g/mol. The van der Waals surface area contributed by atoms with Crippen LogP contribution in [0.3, 0.4) is 0 Å². The van der Waals surface area contributed by atoms with E-state index < -0.39 is 5.91 Å². The molecule has 0 unspecified atom stereocenters. The Morgan fingerprint density at radius 2 is 2.17 bits per heavy atom. The highest BCUT2D eigenvalue weighted by Crippen LogP contribution is 2.17. The second kappa shape index (κ2) is 7.13. The Labute approximate surface area is 114 Å². The van der Waals surface area contributed by atoms with Gasteiger partial charge in [-0.3, -0.25) is 9.59 Å². The molecule has 6 heteroatoms. The van der Waals surface area contributed by atoms with Crippen LogP contribution < -0.4 is 11.1 Å². The number of amides is 2. The van der Waals surface area contributed by atoms with Gasteiger partial charge in [-0.25, -0.2) is 0 Å². The lowest BCUT2D eigenvalue weighted by molar-refractivity contribution is -0.122. The summed E-state index contributed by atoms with van der Waals surface area (Å²) in [4.78, 5) is 22.2. The molecule has 0 bridgehead atoms. The standard InChI is InChI=1S/C12H15BrN2O3/c1-8-2-3-9(10(13)6-8)12(17)15-4-5-18-7-11(14)16/h2-3,6H,4-5,7H2,1H3,(H2,14,16)(H,15,17). The van der Waals surface area contributed by atoms with Gasteiger partial charge < -0.3 is 15.8 Å². The summed E-state index contributed by atoms with van der Waals surface area (Å²) in [5.74, 6) is -0.716. The van der Waals surface area contributed by atoms with Crippen molar-refractivity contribution in [2.75, 3.05) is 19.8 Å². The van der Waals surface area contributed by atoms with Gasteiger partial charge in [0, 0.05) is 11.0 Å². The van der Waals surface area contributed by atoms with E-state index in [-0.39, 0.29) is 19.1 Å². The Kier molecular flexibility index (Phi) is 5.80. The summed E-state index contributed by atoms with van der Waals surface area (Å²) < 4.78 is 5.68. The van der Waals surface area contributed by atoms with E-state index in [1.54, 1.807) is 6.07 Å². The number of nitrogens with one attached hydrogen (secondary N) is 1. The van der Waals surface area contributed by atoms with E-state index in [0.29, 0.717) is 12.1 Å². The number of aryl methyl sites for hydroxylation is 1. The van der Waals surface area contributed by atoms with Crippen LogP contribution in [0.1, 0.15) is 15.9 Å². The second-order valence-corrected chi connectivity index (χ2v) is 4.61. The Balaban J connectivity index is 2.39. The van der Waals surface area contributed by atoms with Crippen LogP contribution in [0.25, 0.3) is 0 Å². The average molecular weight is 315 g/mol. The highest BCUT2D eigenvalue weighted by Gasteiger charge is 2.09. The molecule has 0 aliphatic rings. The minimum Gasteiger partial charge on any atom is -0.370 e. The van der Waals surface area contributed by atoms with E-state index in [9.17, 15) is 9.59 Å². The first kappa shape index (κ1) is 14.7. The molecular formula is C12H15BrN2O3. The fourth-order valence-corrected chi connectivity index (χ4v) is 1.98. The lowest BCUT2D eigenvalue weighted by Gasteiger charge is -2.07. The average Bonchev–Trinajstić information content (AvgIpc) is 2.27. The third-order valence-electron chi connectivity index (χ3n) is 2.15. The molecule has 0 saturated carbocycles. The van der Waals surface area contributed by atoms with Crippen LogP contribution in [-0.4, -0.2) is 31.6 Å². The van der Waals surface area contributed by atoms with E-state index >= 15 is 0 Å². The third kappa shape index (κ3) is 4.85. The van der Waals surface area contributed by atoms with Crippen LogP contribution >= 0.6 is 15.9 Å². The van der Waals surface area contributed by atoms with Crippen LogP contribution in [-0.2, 0) is 9.53 Å². The smallest absolute Gasteiger partial charge is 0.252 e. The monoisotopic (exact) mass is 314 g/mol. The first-order chi connectivity index (χ1) is 8.50. The zero-order valence-corrected chi connectivity index (χ0v) is 11.6. The second-order valence-electron chi connectivity index (χ2n) is 3.76. The van der Waals surface area contributed by atoms with Crippen LogP contribution in [0.2, 0.25) is 0 Å². The first-order valence-corrected chi connectivity index (χ1v) is 6.20. The summed E-state index contributed by atoms with van der Waals surface area (Å²) >= 11 is 3.34.